The van der Waals surface area contributed by atoms with Gasteiger partial charge in [-0.3, -0.25) is 0 Å². The van der Waals surface area contributed by atoms with E-state index in [0.717, 1.165) is 50.7 Å². The Labute approximate surface area is 130 Å². The van der Waals surface area contributed by atoms with Gasteiger partial charge in [0.05, 0.1) is 18.1 Å². The monoisotopic (exact) mass is 295 g/mol. The van der Waals surface area contributed by atoms with Crippen LogP contribution in [-0.4, -0.2) is 42.2 Å². The van der Waals surface area contributed by atoms with Gasteiger partial charge in [-0.25, -0.2) is 9.97 Å². The highest BCUT2D eigenvalue weighted by Gasteiger charge is 2.21. The summed E-state index contributed by atoms with van der Waals surface area (Å²) in [6.07, 6.45) is 5.98. The van der Waals surface area contributed by atoms with Crippen molar-refractivity contribution in [1.82, 2.24) is 15.3 Å². The lowest BCUT2D eigenvalue weighted by Crippen LogP contribution is -2.43. The topological polar surface area (TPSA) is 53.1 Å². The fourth-order valence-corrected chi connectivity index (χ4v) is 3.33. The number of benzene rings is 1. The van der Waals surface area contributed by atoms with Crippen LogP contribution in [0.25, 0.3) is 0 Å². The minimum Gasteiger partial charge on any atom is -0.366 e. The highest BCUT2D eigenvalue weighted by Crippen LogP contribution is 2.23. The van der Waals surface area contributed by atoms with Crippen molar-refractivity contribution in [3.63, 3.8) is 0 Å². The lowest BCUT2D eigenvalue weighted by atomic mass is 10.1. The lowest BCUT2D eigenvalue weighted by Gasteiger charge is -2.28. The van der Waals surface area contributed by atoms with Crippen LogP contribution in [-0.2, 0) is 12.8 Å². The van der Waals surface area contributed by atoms with Gasteiger partial charge in [-0.05, 0) is 24.0 Å². The average molecular weight is 295 g/mol. The molecule has 1 aromatic carbocycles. The zero-order chi connectivity index (χ0) is 14.8. The van der Waals surface area contributed by atoms with Crippen molar-refractivity contribution in [3.05, 3.63) is 47.8 Å². The van der Waals surface area contributed by atoms with Crippen LogP contribution in [0.5, 0.6) is 0 Å². The molecule has 1 aliphatic carbocycles. The maximum absolute atomic E-state index is 4.50. The molecule has 4 rings (SSSR count). The molecule has 0 amide bonds. The summed E-state index contributed by atoms with van der Waals surface area (Å²) < 4.78 is 0. The van der Waals surface area contributed by atoms with Crippen molar-refractivity contribution in [3.8, 4) is 0 Å². The Morgan fingerprint density at radius 1 is 1.00 bits per heavy atom. The SMILES string of the molecule is c1ccc2c(c1)CC(Nc1ncc(N3CCNCC3)cn1)C2. The van der Waals surface area contributed by atoms with Crippen molar-refractivity contribution < 1.29 is 0 Å². The Hall–Kier alpha value is -2.14. The highest BCUT2D eigenvalue weighted by molar-refractivity contribution is 5.46. The van der Waals surface area contributed by atoms with Crippen LogP contribution in [0.2, 0.25) is 0 Å². The Bertz CT molecular complexity index is 609. The largest absolute Gasteiger partial charge is 0.366 e. The maximum Gasteiger partial charge on any atom is 0.222 e. The number of aromatic nitrogens is 2. The Balaban J connectivity index is 1.40. The van der Waals surface area contributed by atoms with Crippen LogP contribution >= 0.6 is 0 Å². The molecule has 0 saturated carbocycles. The van der Waals surface area contributed by atoms with Crippen molar-refractivity contribution in [2.24, 2.45) is 0 Å². The Morgan fingerprint density at radius 2 is 1.64 bits per heavy atom. The van der Waals surface area contributed by atoms with E-state index in [2.05, 4.69) is 49.8 Å². The number of hydrogen-bond donors (Lipinski definition) is 2. The molecular formula is C17H21N5. The average Bonchev–Trinajstić information content (AvgIpc) is 2.98. The molecule has 2 aromatic rings. The van der Waals surface area contributed by atoms with E-state index in [4.69, 9.17) is 0 Å². The molecular weight excluding hydrogens is 274 g/mol. The van der Waals surface area contributed by atoms with Gasteiger partial charge >= 0.3 is 0 Å². The molecule has 1 fully saturated rings. The van der Waals surface area contributed by atoms with E-state index < -0.39 is 0 Å². The zero-order valence-electron chi connectivity index (χ0n) is 12.6. The van der Waals surface area contributed by atoms with E-state index in [-0.39, 0.29) is 0 Å². The van der Waals surface area contributed by atoms with Crippen molar-refractivity contribution in [2.45, 2.75) is 18.9 Å². The maximum atomic E-state index is 4.50. The lowest BCUT2D eigenvalue weighted by molar-refractivity contribution is 0.588. The highest BCUT2D eigenvalue weighted by atomic mass is 15.2. The molecule has 0 atom stereocenters. The van der Waals surface area contributed by atoms with Crippen LogP contribution in [0.4, 0.5) is 11.6 Å². The normalized spacial score (nSPS) is 18.3. The molecule has 2 heterocycles. The predicted octanol–water partition coefficient (Wildman–Crippen LogP) is 1.47. The number of nitrogens with one attached hydrogen (secondary N) is 2. The number of anilines is 2. The third-order valence-electron chi connectivity index (χ3n) is 4.50. The Kier molecular flexibility index (Phi) is 3.64. The van der Waals surface area contributed by atoms with Crippen LogP contribution in [0, 0.1) is 0 Å². The standard InChI is InChI=1S/C17H21N5/c1-2-4-14-10-15(9-13(14)3-1)21-17-19-11-16(12-20-17)22-7-5-18-6-8-22/h1-4,11-12,15,18H,5-10H2,(H,19,20,21). The summed E-state index contributed by atoms with van der Waals surface area (Å²) in [7, 11) is 0. The first kappa shape index (κ1) is 13.5. The molecule has 114 valence electrons. The number of rotatable bonds is 3. The van der Waals surface area contributed by atoms with Crippen LogP contribution in [0.15, 0.2) is 36.7 Å². The number of nitrogens with zero attached hydrogens (tertiary/aromatic N) is 3. The van der Waals surface area contributed by atoms with E-state index in [1.54, 1.807) is 0 Å². The first-order valence-corrected chi connectivity index (χ1v) is 7.99. The molecule has 0 bridgehead atoms. The fourth-order valence-electron chi connectivity index (χ4n) is 3.33. The van der Waals surface area contributed by atoms with E-state index in [1.807, 2.05) is 12.4 Å². The van der Waals surface area contributed by atoms with Crippen LogP contribution < -0.4 is 15.5 Å². The summed E-state index contributed by atoms with van der Waals surface area (Å²) in [5, 5.41) is 6.82. The van der Waals surface area contributed by atoms with Crippen LogP contribution in [0.1, 0.15) is 11.1 Å². The van der Waals surface area contributed by atoms with Crippen molar-refractivity contribution in [2.75, 3.05) is 36.4 Å². The van der Waals surface area contributed by atoms with E-state index >= 15 is 0 Å². The van der Waals surface area contributed by atoms with Gasteiger partial charge in [0, 0.05) is 32.2 Å². The number of piperazine rings is 1. The summed E-state index contributed by atoms with van der Waals surface area (Å²) in [5.41, 5.74) is 4.00. The van der Waals surface area contributed by atoms with Gasteiger partial charge in [-0.15, -0.1) is 0 Å². The van der Waals surface area contributed by atoms with Gasteiger partial charge in [0.25, 0.3) is 0 Å². The first-order chi connectivity index (χ1) is 10.9. The smallest absolute Gasteiger partial charge is 0.222 e. The van der Waals surface area contributed by atoms with Gasteiger partial charge < -0.3 is 15.5 Å². The minimum absolute atomic E-state index is 0.405. The number of fused-ring (bicyclic) bond motifs is 1. The molecule has 1 aliphatic heterocycles. The van der Waals surface area contributed by atoms with Gasteiger partial charge in [-0.2, -0.15) is 0 Å². The summed E-state index contributed by atoms with van der Waals surface area (Å²) >= 11 is 0. The second kappa shape index (κ2) is 5.93. The molecule has 5 nitrogen and oxygen atoms in total. The summed E-state index contributed by atoms with van der Waals surface area (Å²) in [6, 6.07) is 9.05. The molecule has 0 unspecified atom stereocenters. The van der Waals surface area contributed by atoms with Gasteiger partial charge in [0.2, 0.25) is 5.95 Å². The first-order valence-electron chi connectivity index (χ1n) is 7.99. The molecule has 1 aromatic heterocycles. The quantitative estimate of drug-likeness (QED) is 0.898. The molecule has 1 saturated heterocycles. The molecule has 5 heteroatoms. The number of hydrogen-bond acceptors (Lipinski definition) is 5. The van der Waals surface area contributed by atoms with Gasteiger partial charge in [0.15, 0.2) is 0 Å². The van der Waals surface area contributed by atoms with Crippen molar-refractivity contribution in [1.29, 1.82) is 0 Å². The summed E-state index contributed by atoms with van der Waals surface area (Å²) in [5.74, 6) is 0.733. The molecule has 2 N–H and O–H groups in total. The fraction of sp³-hybridized carbons (Fsp3) is 0.412. The van der Waals surface area contributed by atoms with Crippen molar-refractivity contribution >= 4 is 11.6 Å². The zero-order valence-corrected chi connectivity index (χ0v) is 12.6. The van der Waals surface area contributed by atoms with Crippen LogP contribution in [0.3, 0.4) is 0 Å². The molecule has 2 aliphatic rings. The van der Waals surface area contributed by atoms with Gasteiger partial charge in [0.1, 0.15) is 0 Å². The molecule has 0 radical (unpaired) electrons. The third kappa shape index (κ3) is 2.76. The molecule has 22 heavy (non-hydrogen) atoms. The second-order valence-corrected chi connectivity index (χ2v) is 6.02. The second-order valence-electron chi connectivity index (χ2n) is 6.02. The summed E-state index contributed by atoms with van der Waals surface area (Å²) in [4.78, 5) is 11.3. The van der Waals surface area contributed by atoms with E-state index in [9.17, 15) is 0 Å². The van der Waals surface area contributed by atoms with E-state index in [0.29, 0.717) is 6.04 Å². The molecule has 0 spiro atoms. The summed E-state index contributed by atoms with van der Waals surface area (Å²) in [6.45, 7) is 4.10. The predicted molar refractivity (Wildman–Crippen MR) is 88.4 cm³/mol. The Morgan fingerprint density at radius 3 is 2.27 bits per heavy atom. The van der Waals surface area contributed by atoms with Gasteiger partial charge in [-0.1, -0.05) is 24.3 Å². The van der Waals surface area contributed by atoms with E-state index in [1.165, 1.54) is 11.1 Å². The third-order valence-corrected chi connectivity index (χ3v) is 4.50. The minimum atomic E-state index is 0.405.